The average Bonchev–Trinajstić information content (AvgIpc) is 2.97. The second-order valence-electron chi connectivity index (χ2n) is 6.18. The van der Waals surface area contributed by atoms with Gasteiger partial charge in [-0.1, -0.05) is 0 Å². The van der Waals surface area contributed by atoms with Gasteiger partial charge < -0.3 is 20.1 Å². The van der Waals surface area contributed by atoms with Gasteiger partial charge in [0.25, 0.3) is 0 Å². The quantitative estimate of drug-likeness (QED) is 0.355. The van der Waals surface area contributed by atoms with E-state index in [9.17, 15) is 8.42 Å². The zero-order valence-corrected chi connectivity index (χ0v) is 17.0. The second kappa shape index (κ2) is 10.1. The molecule has 10 heteroatoms. The van der Waals surface area contributed by atoms with Crippen LogP contribution in [0.25, 0.3) is 0 Å². The van der Waals surface area contributed by atoms with E-state index in [1.54, 1.807) is 6.07 Å². The molecule has 0 saturated heterocycles. The highest BCUT2D eigenvalue weighted by molar-refractivity contribution is 7.89. The monoisotopic (exact) mass is 419 g/mol. The molecule has 0 atom stereocenters. The molecule has 3 N–H and O–H groups in total. The van der Waals surface area contributed by atoms with Crippen molar-refractivity contribution in [3.63, 3.8) is 0 Å². The Morgan fingerprint density at radius 1 is 1.21 bits per heavy atom. The van der Waals surface area contributed by atoms with Crippen molar-refractivity contribution in [2.75, 3.05) is 38.2 Å². The lowest BCUT2D eigenvalue weighted by Gasteiger charge is -2.14. The fourth-order valence-corrected chi connectivity index (χ4v) is 3.61. The fraction of sp³-hybridized carbons (Fsp3) is 0.368. The standard InChI is InChI=1S/C19H25N5O4S/c1-2-21-19(22-9-10-23-29(25,26)16-5-3-8-20-14-16)24-15-6-7-17-18(13-15)28-12-4-11-27-17/h3,5-8,13-14,23H,2,4,9-12H2,1H3,(H2,21,22,24). The first-order valence-corrected chi connectivity index (χ1v) is 10.9. The molecule has 0 spiro atoms. The largest absolute Gasteiger partial charge is 0.490 e. The van der Waals surface area contributed by atoms with Crippen LogP contribution in [0.4, 0.5) is 5.69 Å². The molecular weight excluding hydrogens is 394 g/mol. The van der Waals surface area contributed by atoms with E-state index in [-0.39, 0.29) is 18.0 Å². The predicted octanol–water partition coefficient (Wildman–Crippen LogP) is 1.60. The van der Waals surface area contributed by atoms with E-state index in [0.29, 0.717) is 31.5 Å². The number of hydrogen-bond acceptors (Lipinski definition) is 6. The number of rotatable bonds is 7. The first-order valence-electron chi connectivity index (χ1n) is 9.43. The van der Waals surface area contributed by atoms with Crippen LogP contribution < -0.4 is 24.8 Å². The highest BCUT2D eigenvalue weighted by atomic mass is 32.2. The zero-order valence-electron chi connectivity index (χ0n) is 16.2. The van der Waals surface area contributed by atoms with Crippen LogP contribution >= 0.6 is 0 Å². The summed E-state index contributed by atoms with van der Waals surface area (Å²) in [5.41, 5.74) is 0.796. The molecule has 9 nitrogen and oxygen atoms in total. The van der Waals surface area contributed by atoms with Crippen LogP contribution in [-0.4, -0.2) is 52.2 Å². The Hall–Kier alpha value is -2.85. The van der Waals surface area contributed by atoms with Gasteiger partial charge in [0.05, 0.1) is 19.8 Å². The molecule has 1 aromatic carbocycles. The lowest BCUT2D eigenvalue weighted by Crippen LogP contribution is -2.32. The molecule has 0 saturated carbocycles. The van der Waals surface area contributed by atoms with Crippen LogP contribution in [0, 0.1) is 0 Å². The number of aliphatic imine (C=N–C) groups is 1. The Morgan fingerprint density at radius 3 is 2.79 bits per heavy atom. The normalized spacial score (nSPS) is 14.2. The second-order valence-corrected chi connectivity index (χ2v) is 7.95. The summed E-state index contributed by atoms with van der Waals surface area (Å²) in [5, 5.41) is 6.33. The van der Waals surface area contributed by atoms with E-state index in [1.165, 1.54) is 18.5 Å². The van der Waals surface area contributed by atoms with Gasteiger partial charge in [0.15, 0.2) is 17.5 Å². The minimum atomic E-state index is -3.60. The molecule has 0 radical (unpaired) electrons. The lowest BCUT2D eigenvalue weighted by molar-refractivity contribution is 0.297. The Morgan fingerprint density at radius 2 is 2.03 bits per heavy atom. The Bertz CT molecular complexity index is 935. The summed E-state index contributed by atoms with van der Waals surface area (Å²) >= 11 is 0. The van der Waals surface area contributed by atoms with Crippen molar-refractivity contribution in [2.45, 2.75) is 18.2 Å². The minimum Gasteiger partial charge on any atom is -0.490 e. The van der Waals surface area contributed by atoms with Gasteiger partial charge in [-0.2, -0.15) is 0 Å². The van der Waals surface area contributed by atoms with E-state index in [1.807, 2.05) is 25.1 Å². The molecule has 156 valence electrons. The molecule has 2 aromatic rings. The highest BCUT2D eigenvalue weighted by Crippen LogP contribution is 2.32. The number of aromatic nitrogens is 1. The van der Waals surface area contributed by atoms with Gasteiger partial charge in [-0.15, -0.1) is 0 Å². The highest BCUT2D eigenvalue weighted by Gasteiger charge is 2.13. The van der Waals surface area contributed by atoms with Gasteiger partial charge in [0.1, 0.15) is 4.90 Å². The van der Waals surface area contributed by atoms with E-state index in [2.05, 4.69) is 25.3 Å². The van der Waals surface area contributed by atoms with Crippen molar-refractivity contribution in [3.8, 4) is 11.5 Å². The molecule has 3 rings (SSSR count). The summed E-state index contributed by atoms with van der Waals surface area (Å²) in [5.74, 6) is 1.95. The van der Waals surface area contributed by atoms with E-state index >= 15 is 0 Å². The number of sulfonamides is 1. The molecule has 1 aliphatic heterocycles. The van der Waals surface area contributed by atoms with Crippen LogP contribution in [0.5, 0.6) is 11.5 Å². The van der Waals surface area contributed by atoms with Crippen LogP contribution in [-0.2, 0) is 10.0 Å². The number of ether oxygens (including phenoxy) is 2. The molecule has 0 unspecified atom stereocenters. The predicted molar refractivity (Wildman–Crippen MR) is 111 cm³/mol. The van der Waals surface area contributed by atoms with Crippen LogP contribution in [0.3, 0.4) is 0 Å². The third kappa shape index (κ3) is 6.06. The van der Waals surface area contributed by atoms with Crippen molar-refractivity contribution in [3.05, 3.63) is 42.7 Å². The van der Waals surface area contributed by atoms with Crippen LogP contribution in [0.15, 0.2) is 52.6 Å². The van der Waals surface area contributed by atoms with E-state index in [4.69, 9.17) is 9.47 Å². The van der Waals surface area contributed by atoms with Crippen LogP contribution in [0.1, 0.15) is 13.3 Å². The molecule has 1 aliphatic rings. The number of anilines is 1. The van der Waals surface area contributed by atoms with Gasteiger partial charge in [-0.3, -0.25) is 9.98 Å². The Balaban J connectivity index is 1.59. The molecule has 0 bridgehead atoms. The summed E-state index contributed by atoms with van der Waals surface area (Å²) in [7, 11) is -3.60. The number of guanidine groups is 1. The molecule has 29 heavy (non-hydrogen) atoms. The molecule has 1 aromatic heterocycles. The third-order valence-corrected chi connectivity index (χ3v) is 5.42. The molecule has 2 heterocycles. The Kier molecular flexibility index (Phi) is 7.25. The van der Waals surface area contributed by atoms with Gasteiger partial charge in [-0.05, 0) is 31.2 Å². The third-order valence-electron chi connectivity index (χ3n) is 3.97. The number of nitrogens with one attached hydrogen (secondary N) is 3. The maximum absolute atomic E-state index is 12.2. The van der Waals surface area contributed by atoms with Gasteiger partial charge in [0.2, 0.25) is 10.0 Å². The lowest BCUT2D eigenvalue weighted by atomic mass is 10.3. The molecule has 0 aliphatic carbocycles. The maximum Gasteiger partial charge on any atom is 0.242 e. The number of pyridine rings is 1. The SMILES string of the molecule is CCNC(=NCCNS(=O)(=O)c1cccnc1)Nc1ccc2c(c1)OCCCO2. The Labute approximate surface area is 170 Å². The van der Waals surface area contributed by atoms with E-state index in [0.717, 1.165) is 17.9 Å². The van der Waals surface area contributed by atoms with E-state index < -0.39 is 10.0 Å². The average molecular weight is 420 g/mol. The summed E-state index contributed by atoms with van der Waals surface area (Å²) in [4.78, 5) is 8.37. The topological polar surface area (TPSA) is 114 Å². The number of fused-ring (bicyclic) bond motifs is 1. The van der Waals surface area contributed by atoms with Crippen molar-refractivity contribution in [1.82, 2.24) is 15.0 Å². The summed E-state index contributed by atoms with van der Waals surface area (Å²) < 4.78 is 38.3. The number of nitrogens with zero attached hydrogens (tertiary/aromatic N) is 2. The first-order chi connectivity index (χ1) is 14.1. The summed E-state index contributed by atoms with van der Waals surface area (Å²) in [6, 6.07) is 8.67. The van der Waals surface area contributed by atoms with Gasteiger partial charge >= 0.3 is 0 Å². The maximum atomic E-state index is 12.2. The van der Waals surface area contributed by atoms with Crippen molar-refractivity contribution in [1.29, 1.82) is 0 Å². The number of benzene rings is 1. The molecule has 0 amide bonds. The summed E-state index contributed by atoms with van der Waals surface area (Å²) in [6.07, 6.45) is 3.68. The van der Waals surface area contributed by atoms with Gasteiger partial charge in [0, 0.05) is 43.7 Å². The van der Waals surface area contributed by atoms with Crippen molar-refractivity contribution < 1.29 is 17.9 Å². The first kappa shape index (κ1) is 20.9. The molecular formula is C19H25N5O4S. The van der Waals surface area contributed by atoms with Crippen LogP contribution in [0.2, 0.25) is 0 Å². The van der Waals surface area contributed by atoms with Crippen molar-refractivity contribution in [2.24, 2.45) is 4.99 Å². The zero-order chi connectivity index (χ0) is 20.5. The van der Waals surface area contributed by atoms with Crippen molar-refractivity contribution >= 4 is 21.7 Å². The number of hydrogen-bond donors (Lipinski definition) is 3. The summed E-state index contributed by atoms with van der Waals surface area (Å²) in [6.45, 7) is 4.29. The van der Waals surface area contributed by atoms with Gasteiger partial charge in [-0.25, -0.2) is 13.1 Å². The fourth-order valence-electron chi connectivity index (χ4n) is 2.62. The minimum absolute atomic E-state index is 0.126. The molecule has 0 fully saturated rings. The smallest absolute Gasteiger partial charge is 0.242 e.